The largest absolute Gasteiger partial charge is 0.352 e. The summed E-state index contributed by atoms with van der Waals surface area (Å²) in [5.74, 6) is 0.691. The minimum atomic E-state index is -0.318. The van der Waals surface area contributed by atoms with Crippen molar-refractivity contribution in [2.45, 2.75) is 12.3 Å². The Kier molecular flexibility index (Phi) is 3.90. The monoisotopic (exact) mass is 333 g/mol. The van der Waals surface area contributed by atoms with Gasteiger partial charge in [0.2, 0.25) is 5.69 Å². The van der Waals surface area contributed by atoms with E-state index in [1.165, 1.54) is 22.5 Å². The second-order valence-corrected chi connectivity index (χ2v) is 6.09. The number of hydrogen-bond acceptors (Lipinski definition) is 4. The molecular formula is C19H16FN5. The molecule has 5 nitrogen and oxygen atoms in total. The number of benzene rings is 2. The van der Waals surface area contributed by atoms with Crippen molar-refractivity contribution in [2.75, 3.05) is 18.0 Å². The molecule has 2 heterocycles. The topological polar surface area (TPSA) is 57.7 Å². The molecule has 0 bridgehead atoms. The quantitative estimate of drug-likeness (QED) is 0.738. The molecule has 1 aromatic heterocycles. The van der Waals surface area contributed by atoms with Gasteiger partial charge in [-0.3, -0.25) is 0 Å². The van der Waals surface area contributed by atoms with Crippen LogP contribution in [-0.2, 0) is 0 Å². The number of nitrogens with zero attached hydrogens (tertiary/aromatic N) is 5. The molecule has 1 atom stereocenters. The van der Waals surface area contributed by atoms with Gasteiger partial charge in [0.15, 0.2) is 5.82 Å². The molecule has 2 aromatic carbocycles. The molecule has 0 radical (unpaired) electrons. The lowest BCUT2D eigenvalue weighted by atomic mass is 9.99. The summed E-state index contributed by atoms with van der Waals surface area (Å²) in [6, 6.07) is 18.4. The zero-order valence-corrected chi connectivity index (χ0v) is 13.5. The van der Waals surface area contributed by atoms with E-state index < -0.39 is 0 Å². The summed E-state index contributed by atoms with van der Waals surface area (Å²) in [4.78, 5) is 3.49. The molecule has 1 fully saturated rings. The van der Waals surface area contributed by atoms with Crippen LogP contribution in [0, 0.1) is 17.1 Å². The molecule has 4 rings (SSSR count). The Labute approximate surface area is 144 Å². The van der Waals surface area contributed by atoms with E-state index in [4.69, 9.17) is 0 Å². The van der Waals surface area contributed by atoms with Crippen molar-refractivity contribution in [1.29, 1.82) is 5.26 Å². The van der Waals surface area contributed by atoms with Gasteiger partial charge in [0.25, 0.3) is 0 Å². The highest BCUT2D eigenvalue weighted by Gasteiger charge is 2.28. The van der Waals surface area contributed by atoms with E-state index in [-0.39, 0.29) is 11.5 Å². The fourth-order valence-electron chi connectivity index (χ4n) is 3.22. The smallest absolute Gasteiger partial charge is 0.207 e. The Bertz CT molecular complexity index is 911. The first-order valence-electron chi connectivity index (χ1n) is 8.18. The first kappa shape index (κ1) is 15.3. The molecule has 1 aliphatic rings. The van der Waals surface area contributed by atoms with Crippen LogP contribution in [-0.4, -0.2) is 28.1 Å². The predicted molar refractivity (Wildman–Crippen MR) is 92.0 cm³/mol. The maximum Gasteiger partial charge on any atom is 0.207 e. The van der Waals surface area contributed by atoms with Gasteiger partial charge in [-0.05, 0) is 36.2 Å². The number of anilines is 1. The Morgan fingerprint density at radius 3 is 2.52 bits per heavy atom. The minimum Gasteiger partial charge on any atom is -0.352 e. The van der Waals surface area contributed by atoms with Crippen molar-refractivity contribution < 1.29 is 4.39 Å². The molecule has 1 saturated heterocycles. The highest BCUT2D eigenvalue weighted by atomic mass is 19.1. The fourth-order valence-corrected chi connectivity index (χ4v) is 3.22. The maximum absolute atomic E-state index is 13.1. The molecule has 1 aliphatic heterocycles. The van der Waals surface area contributed by atoms with E-state index in [1.807, 2.05) is 18.2 Å². The van der Waals surface area contributed by atoms with Gasteiger partial charge in [-0.1, -0.05) is 30.3 Å². The second kappa shape index (κ2) is 6.36. The number of halogens is 1. The molecule has 0 aliphatic carbocycles. The lowest BCUT2D eigenvalue weighted by Gasteiger charge is -2.15. The summed E-state index contributed by atoms with van der Waals surface area (Å²) < 4.78 is 13.1. The van der Waals surface area contributed by atoms with Crippen LogP contribution in [0.1, 0.15) is 23.6 Å². The molecule has 0 amide bonds. The van der Waals surface area contributed by atoms with E-state index in [0.717, 1.165) is 19.5 Å². The van der Waals surface area contributed by atoms with E-state index in [1.54, 1.807) is 12.1 Å². The molecule has 25 heavy (non-hydrogen) atoms. The Balaban J connectivity index is 1.61. The summed E-state index contributed by atoms with van der Waals surface area (Å²) in [5, 5.41) is 18.1. The van der Waals surface area contributed by atoms with Gasteiger partial charge in [0.1, 0.15) is 11.9 Å². The van der Waals surface area contributed by atoms with E-state index in [2.05, 4.69) is 33.3 Å². The Hall–Kier alpha value is -3.20. The molecule has 124 valence electrons. The van der Waals surface area contributed by atoms with Gasteiger partial charge in [-0.25, -0.2) is 4.39 Å². The standard InChI is InChI=1S/C19H16FN5/c20-16-6-8-17(9-7-16)25-22-18(12-21)19(23-25)24-11-10-15(13-24)14-4-2-1-3-5-14/h1-9,15H,10-11,13H2. The number of hydrogen-bond donors (Lipinski definition) is 0. The van der Waals surface area contributed by atoms with Gasteiger partial charge in [0.05, 0.1) is 5.69 Å². The second-order valence-electron chi connectivity index (χ2n) is 6.09. The molecule has 3 aromatic rings. The normalized spacial score (nSPS) is 16.8. The average molecular weight is 333 g/mol. The van der Waals surface area contributed by atoms with Gasteiger partial charge in [0, 0.05) is 19.0 Å². The third-order valence-electron chi connectivity index (χ3n) is 4.52. The number of rotatable bonds is 3. The molecule has 0 spiro atoms. The van der Waals surface area contributed by atoms with Gasteiger partial charge in [-0.15, -0.1) is 15.0 Å². The highest BCUT2D eigenvalue weighted by molar-refractivity contribution is 5.51. The zero-order valence-electron chi connectivity index (χ0n) is 13.5. The summed E-state index contributed by atoms with van der Waals surface area (Å²) >= 11 is 0. The lowest BCUT2D eigenvalue weighted by molar-refractivity contribution is 0.626. The first-order chi connectivity index (χ1) is 12.2. The van der Waals surface area contributed by atoms with Gasteiger partial charge >= 0.3 is 0 Å². The molecule has 1 unspecified atom stereocenters. The molecular weight excluding hydrogens is 317 g/mol. The van der Waals surface area contributed by atoms with Crippen LogP contribution in [0.2, 0.25) is 0 Å². The van der Waals surface area contributed by atoms with Crippen LogP contribution in [0.4, 0.5) is 10.2 Å². The zero-order chi connectivity index (χ0) is 17.2. The maximum atomic E-state index is 13.1. The molecule has 0 N–H and O–H groups in total. The summed E-state index contributed by atoms with van der Waals surface area (Å²) in [6.45, 7) is 1.64. The summed E-state index contributed by atoms with van der Waals surface area (Å²) in [5.41, 5.74) is 2.22. The summed E-state index contributed by atoms with van der Waals surface area (Å²) in [7, 11) is 0. The first-order valence-corrected chi connectivity index (χ1v) is 8.18. The van der Waals surface area contributed by atoms with Gasteiger partial charge in [-0.2, -0.15) is 5.26 Å². The third-order valence-corrected chi connectivity index (χ3v) is 4.52. The van der Waals surface area contributed by atoms with Crippen LogP contribution in [0.3, 0.4) is 0 Å². The SMILES string of the molecule is N#Cc1nn(-c2ccc(F)cc2)nc1N1CCC(c2ccccc2)C1. The van der Waals surface area contributed by atoms with Crippen molar-refractivity contribution in [2.24, 2.45) is 0 Å². The summed E-state index contributed by atoms with van der Waals surface area (Å²) in [6.07, 6.45) is 1.01. The Morgan fingerprint density at radius 1 is 1.04 bits per heavy atom. The van der Waals surface area contributed by atoms with Crippen LogP contribution in [0.5, 0.6) is 0 Å². The Morgan fingerprint density at radius 2 is 1.80 bits per heavy atom. The lowest BCUT2D eigenvalue weighted by Crippen LogP contribution is -2.20. The van der Waals surface area contributed by atoms with Crippen LogP contribution < -0.4 is 4.90 Å². The third kappa shape index (κ3) is 2.96. The van der Waals surface area contributed by atoms with E-state index in [0.29, 0.717) is 17.4 Å². The predicted octanol–water partition coefficient (Wildman–Crippen LogP) is 3.27. The average Bonchev–Trinajstić information content (AvgIpc) is 3.30. The van der Waals surface area contributed by atoms with Crippen molar-refractivity contribution in [3.05, 3.63) is 71.7 Å². The fraction of sp³-hybridized carbons (Fsp3) is 0.211. The van der Waals surface area contributed by atoms with Crippen LogP contribution >= 0.6 is 0 Å². The number of aromatic nitrogens is 3. The van der Waals surface area contributed by atoms with E-state index >= 15 is 0 Å². The van der Waals surface area contributed by atoms with Gasteiger partial charge < -0.3 is 4.90 Å². The molecule has 6 heteroatoms. The number of nitriles is 1. The van der Waals surface area contributed by atoms with Crippen LogP contribution in [0.25, 0.3) is 5.69 Å². The van der Waals surface area contributed by atoms with Crippen molar-refractivity contribution in [1.82, 2.24) is 15.0 Å². The minimum absolute atomic E-state index is 0.290. The van der Waals surface area contributed by atoms with Crippen molar-refractivity contribution in [3.8, 4) is 11.8 Å². The van der Waals surface area contributed by atoms with Crippen LogP contribution in [0.15, 0.2) is 54.6 Å². The van der Waals surface area contributed by atoms with Crippen molar-refractivity contribution >= 4 is 5.82 Å². The van der Waals surface area contributed by atoms with Crippen molar-refractivity contribution in [3.63, 3.8) is 0 Å². The van der Waals surface area contributed by atoms with E-state index in [9.17, 15) is 9.65 Å². The molecule has 0 saturated carbocycles. The highest BCUT2D eigenvalue weighted by Crippen LogP contribution is 2.31.